The lowest BCUT2D eigenvalue weighted by Gasteiger charge is -2.15. The van der Waals surface area contributed by atoms with Gasteiger partial charge in [-0.3, -0.25) is 0 Å². The molecule has 0 unspecified atom stereocenters. The van der Waals surface area contributed by atoms with Gasteiger partial charge < -0.3 is 15.1 Å². The molecule has 1 aliphatic heterocycles. The molecule has 8 heteroatoms. The molecular weight excluding hydrogens is 325 g/mol. The Bertz CT molecular complexity index is 589. The van der Waals surface area contributed by atoms with E-state index in [0.29, 0.717) is 5.75 Å². The van der Waals surface area contributed by atoms with Crippen molar-refractivity contribution in [1.82, 2.24) is 4.98 Å². The Morgan fingerprint density at radius 2 is 1.92 bits per heavy atom. The predicted molar refractivity (Wildman–Crippen MR) is 84.5 cm³/mol. The number of unbranched alkanes of at least 4 members (excludes halogenated alkanes) is 2. The average molecular weight is 348 g/mol. The molecule has 1 aliphatic rings. The Balaban J connectivity index is 0.000000351. The molecule has 5 nitrogen and oxygen atoms in total. The Morgan fingerprint density at radius 1 is 1.33 bits per heavy atom. The van der Waals surface area contributed by atoms with E-state index in [2.05, 4.69) is 23.9 Å². The number of alkyl halides is 3. The minimum atomic E-state index is -5.08. The van der Waals surface area contributed by atoms with Gasteiger partial charge in [-0.15, -0.1) is 0 Å². The Kier molecular flexibility index (Phi) is 6.86. The van der Waals surface area contributed by atoms with Crippen LogP contribution in [0.2, 0.25) is 0 Å². The third-order valence-corrected chi connectivity index (χ3v) is 3.91. The first-order chi connectivity index (χ1) is 11.1. The van der Waals surface area contributed by atoms with Gasteiger partial charge in [-0.2, -0.15) is 13.2 Å². The van der Waals surface area contributed by atoms with E-state index in [0.717, 1.165) is 42.9 Å². The molecule has 2 N–H and O–H groups in total. The zero-order valence-corrected chi connectivity index (χ0v) is 14.1. The number of anilines is 1. The maximum absolute atomic E-state index is 10.6. The first kappa shape index (κ1) is 20.1. The summed E-state index contributed by atoms with van der Waals surface area (Å²) in [5.41, 5.74) is 3.14. The summed E-state index contributed by atoms with van der Waals surface area (Å²) in [6.45, 7) is 5.22. The Labute approximate surface area is 139 Å². The van der Waals surface area contributed by atoms with Crippen molar-refractivity contribution in [2.24, 2.45) is 0 Å². The second-order valence-corrected chi connectivity index (χ2v) is 5.77. The number of pyridine rings is 1. The van der Waals surface area contributed by atoms with Crippen LogP contribution < -0.4 is 4.90 Å². The van der Waals surface area contributed by atoms with E-state index in [1.54, 1.807) is 0 Å². The maximum atomic E-state index is 10.6. The monoisotopic (exact) mass is 348 g/mol. The Hall–Kier alpha value is -1.99. The third-order valence-electron chi connectivity index (χ3n) is 3.91. The molecular formula is C16H23F3N2O3. The molecule has 0 amide bonds. The molecule has 0 saturated carbocycles. The fourth-order valence-corrected chi connectivity index (χ4v) is 2.49. The summed E-state index contributed by atoms with van der Waals surface area (Å²) in [6.07, 6.45) is 0.325. The number of rotatable bonds is 4. The van der Waals surface area contributed by atoms with Gasteiger partial charge in [0.05, 0.1) is 5.69 Å². The molecule has 2 rings (SSSR count). The van der Waals surface area contributed by atoms with E-state index >= 15 is 0 Å². The van der Waals surface area contributed by atoms with E-state index in [9.17, 15) is 18.3 Å². The summed E-state index contributed by atoms with van der Waals surface area (Å²) in [6, 6.07) is 0. The number of hydrogen-bond acceptors (Lipinski definition) is 4. The van der Waals surface area contributed by atoms with Gasteiger partial charge in [0.15, 0.2) is 0 Å². The van der Waals surface area contributed by atoms with Crippen molar-refractivity contribution in [2.45, 2.75) is 52.1 Å². The molecule has 0 fully saturated rings. The van der Waals surface area contributed by atoms with Gasteiger partial charge in [-0.05, 0) is 31.7 Å². The molecule has 0 aromatic carbocycles. The van der Waals surface area contributed by atoms with E-state index in [-0.39, 0.29) is 0 Å². The van der Waals surface area contributed by atoms with Gasteiger partial charge in [0.25, 0.3) is 0 Å². The molecule has 0 radical (unpaired) electrons. The smallest absolute Gasteiger partial charge is 0.490 e. The number of hydrogen-bond donors (Lipinski definition) is 2. The van der Waals surface area contributed by atoms with Gasteiger partial charge in [0, 0.05) is 19.2 Å². The van der Waals surface area contributed by atoms with Crippen LogP contribution in [0.25, 0.3) is 0 Å². The summed E-state index contributed by atoms with van der Waals surface area (Å²) >= 11 is 0. The highest BCUT2D eigenvalue weighted by Gasteiger charge is 2.38. The highest BCUT2D eigenvalue weighted by atomic mass is 19.4. The quantitative estimate of drug-likeness (QED) is 0.815. The van der Waals surface area contributed by atoms with E-state index < -0.39 is 12.1 Å². The highest BCUT2D eigenvalue weighted by molar-refractivity contribution is 5.73. The summed E-state index contributed by atoms with van der Waals surface area (Å²) in [7, 11) is 2.07. The number of aryl methyl sites for hydroxylation is 1. The van der Waals surface area contributed by atoms with Gasteiger partial charge >= 0.3 is 12.1 Å². The van der Waals surface area contributed by atoms with Crippen LogP contribution in [0, 0.1) is 6.92 Å². The zero-order valence-electron chi connectivity index (χ0n) is 14.1. The number of carbonyl (C=O) groups is 1. The lowest BCUT2D eigenvalue weighted by atomic mass is 10.0. The average Bonchev–Trinajstić information content (AvgIpc) is 2.85. The molecule has 1 aromatic heterocycles. The van der Waals surface area contributed by atoms with Crippen LogP contribution in [0.15, 0.2) is 0 Å². The number of likely N-dealkylation sites (N-methyl/N-ethyl adjacent to an activating group) is 1. The molecule has 0 spiro atoms. The largest absolute Gasteiger partial charge is 0.506 e. The lowest BCUT2D eigenvalue weighted by Crippen LogP contribution is -2.21. The van der Waals surface area contributed by atoms with E-state index in [1.165, 1.54) is 18.4 Å². The van der Waals surface area contributed by atoms with Crippen molar-refractivity contribution in [3.05, 3.63) is 16.8 Å². The summed E-state index contributed by atoms with van der Waals surface area (Å²) in [5, 5.41) is 17.3. The molecule has 136 valence electrons. The summed E-state index contributed by atoms with van der Waals surface area (Å²) in [5.74, 6) is -1.26. The fourth-order valence-electron chi connectivity index (χ4n) is 2.49. The van der Waals surface area contributed by atoms with Crippen molar-refractivity contribution >= 4 is 11.8 Å². The van der Waals surface area contributed by atoms with Crippen molar-refractivity contribution in [3.63, 3.8) is 0 Å². The molecule has 0 atom stereocenters. The minimum Gasteiger partial charge on any atom is -0.506 e. The van der Waals surface area contributed by atoms with Crippen molar-refractivity contribution in [3.8, 4) is 5.75 Å². The van der Waals surface area contributed by atoms with Crippen molar-refractivity contribution in [2.75, 3.05) is 18.5 Å². The first-order valence-electron chi connectivity index (χ1n) is 7.82. The molecule has 0 aliphatic carbocycles. The van der Waals surface area contributed by atoms with Gasteiger partial charge in [-0.25, -0.2) is 9.78 Å². The van der Waals surface area contributed by atoms with Gasteiger partial charge in [0.1, 0.15) is 11.6 Å². The zero-order chi connectivity index (χ0) is 18.5. The van der Waals surface area contributed by atoms with Crippen LogP contribution in [0.4, 0.5) is 19.0 Å². The fraction of sp³-hybridized carbons (Fsp3) is 0.625. The number of aromatic hydroxyl groups is 1. The first-order valence-corrected chi connectivity index (χ1v) is 7.82. The number of aliphatic carboxylic acids is 1. The van der Waals surface area contributed by atoms with E-state index in [1.807, 2.05) is 6.92 Å². The van der Waals surface area contributed by atoms with E-state index in [4.69, 9.17) is 9.90 Å². The number of nitrogens with zero attached hydrogens (tertiary/aromatic N) is 2. The molecule has 0 saturated heterocycles. The standard InChI is InChI=1S/C14H22N2O.C2HF3O2/c1-4-5-6-7-12-13(17)10(2)11-8-9-16(3)14(11)15-12;3-2(4,5)1(6)7/h17H,4-9H2,1-3H3;(H,6,7). The predicted octanol–water partition coefficient (Wildman–Crippen LogP) is 3.45. The number of halogens is 3. The number of carboxylic acid groups (broad SMARTS) is 1. The van der Waals surface area contributed by atoms with Crippen LogP contribution >= 0.6 is 0 Å². The van der Waals surface area contributed by atoms with Crippen molar-refractivity contribution < 1.29 is 28.2 Å². The second-order valence-electron chi connectivity index (χ2n) is 5.77. The molecule has 0 bridgehead atoms. The number of fused-ring (bicyclic) bond motifs is 1. The highest BCUT2D eigenvalue weighted by Crippen LogP contribution is 2.34. The normalized spacial score (nSPS) is 13.3. The number of carboxylic acids is 1. The molecule has 24 heavy (non-hydrogen) atoms. The molecule has 1 aromatic rings. The molecule has 2 heterocycles. The van der Waals surface area contributed by atoms with Gasteiger partial charge in [0.2, 0.25) is 0 Å². The van der Waals surface area contributed by atoms with Crippen LogP contribution in [0.5, 0.6) is 5.75 Å². The third kappa shape index (κ3) is 5.01. The maximum Gasteiger partial charge on any atom is 0.490 e. The SMILES string of the molecule is CCCCCc1nc2c(c(C)c1O)CCN2C.O=C(O)C(F)(F)F. The lowest BCUT2D eigenvalue weighted by molar-refractivity contribution is -0.192. The van der Waals surface area contributed by atoms with Crippen LogP contribution in [0.3, 0.4) is 0 Å². The summed E-state index contributed by atoms with van der Waals surface area (Å²) in [4.78, 5) is 15.7. The Morgan fingerprint density at radius 3 is 2.42 bits per heavy atom. The van der Waals surface area contributed by atoms with Gasteiger partial charge in [-0.1, -0.05) is 19.8 Å². The van der Waals surface area contributed by atoms with Crippen LogP contribution in [-0.2, 0) is 17.6 Å². The second kappa shape index (κ2) is 8.21. The van der Waals surface area contributed by atoms with Crippen molar-refractivity contribution in [1.29, 1.82) is 0 Å². The summed E-state index contributed by atoms with van der Waals surface area (Å²) < 4.78 is 31.7. The van der Waals surface area contributed by atoms with Crippen LogP contribution in [-0.4, -0.2) is 40.9 Å². The van der Waals surface area contributed by atoms with Crippen LogP contribution in [0.1, 0.15) is 43.0 Å². The minimum absolute atomic E-state index is 0.426. The number of aromatic nitrogens is 1. The topological polar surface area (TPSA) is 73.7 Å².